The van der Waals surface area contributed by atoms with Crippen LogP contribution in [0.25, 0.3) is 0 Å². The van der Waals surface area contributed by atoms with Crippen molar-refractivity contribution in [3.05, 3.63) is 57.9 Å². The number of hydrogen-bond acceptors (Lipinski definition) is 3. The van der Waals surface area contributed by atoms with Gasteiger partial charge in [-0.2, -0.15) is 0 Å². The first-order valence-electron chi connectivity index (χ1n) is 6.25. The normalized spacial score (nSPS) is 10.3. The van der Waals surface area contributed by atoms with E-state index in [2.05, 4.69) is 0 Å². The number of aryl methyl sites for hydroxylation is 1. The number of carbonyl (C=O) groups is 1. The van der Waals surface area contributed by atoms with Crippen molar-refractivity contribution in [2.45, 2.75) is 13.5 Å². The van der Waals surface area contributed by atoms with Gasteiger partial charge in [-0.1, -0.05) is 17.7 Å². The molecule has 0 bridgehead atoms. The highest BCUT2D eigenvalue weighted by Crippen LogP contribution is 2.36. The van der Waals surface area contributed by atoms with Gasteiger partial charge in [-0.25, -0.2) is 4.39 Å². The summed E-state index contributed by atoms with van der Waals surface area (Å²) in [4.78, 5) is 10.8. The number of hydrogen-bond donors (Lipinski definition) is 0. The second-order valence-electron chi connectivity index (χ2n) is 4.51. The summed E-state index contributed by atoms with van der Waals surface area (Å²) < 4.78 is 23.9. The first-order chi connectivity index (χ1) is 10.0. The van der Waals surface area contributed by atoms with Gasteiger partial charge in [-0.15, -0.1) is 0 Å². The smallest absolute Gasteiger partial charge is 0.180 e. The summed E-state index contributed by atoms with van der Waals surface area (Å²) in [5.41, 5.74) is 2.03. The first kappa shape index (κ1) is 15.3. The van der Waals surface area contributed by atoms with Gasteiger partial charge < -0.3 is 9.47 Å². The van der Waals surface area contributed by atoms with Gasteiger partial charge in [0.05, 0.1) is 12.1 Å². The Kier molecular flexibility index (Phi) is 4.81. The Morgan fingerprint density at radius 1 is 1.29 bits per heavy atom. The summed E-state index contributed by atoms with van der Waals surface area (Å²) >= 11 is 6.10. The Morgan fingerprint density at radius 3 is 2.67 bits per heavy atom. The lowest BCUT2D eigenvalue weighted by Crippen LogP contribution is -2.01. The van der Waals surface area contributed by atoms with Crippen LogP contribution in [0.15, 0.2) is 30.3 Å². The quantitative estimate of drug-likeness (QED) is 0.777. The maximum Gasteiger partial charge on any atom is 0.180 e. The molecule has 0 saturated carbocycles. The minimum Gasteiger partial charge on any atom is -0.493 e. The van der Waals surface area contributed by atoms with Gasteiger partial charge in [0.1, 0.15) is 18.7 Å². The van der Waals surface area contributed by atoms with Crippen LogP contribution in [0.3, 0.4) is 0 Å². The summed E-state index contributed by atoms with van der Waals surface area (Å²) in [6, 6.07) is 7.52. The van der Waals surface area contributed by atoms with Crippen LogP contribution in [0, 0.1) is 12.7 Å². The molecule has 0 atom stereocenters. The SMILES string of the molecule is COc1cc(C=O)cc(Cl)c1OCc1ccc(F)cc1C. The van der Waals surface area contributed by atoms with Crippen LogP contribution in [-0.2, 0) is 6.61 Å². The molecular weight excluding hydrogens is 295 g/mol. The molecule has 2 rings (SSSR count). The molecule has 0 saturated heterocycles. The van der Waals surface area contributed by atoms with E-state index in [4.69, 9.17) is 21.1 Å². The van der Waals surface area contributed by atoms with Crippen LogP contribution in [-0.4, -0.2) is 13.4 Å². The number of carbonyl (C=O) groups excluding carboxylic acids is 1. The minimum absolute atomic E-state index is 0.225. The molecule has 0 heterocycles. The van der Waals surface area contributed by atoms with Crippen molar-refractivity contribution in [1.29, 1.82) is 0 Å². The number of halogens is 2. The highest BCUT2D eigenvalue weighted by Gasteiger charge is 2.12. The largest absolute Gasteiger partial charge is 0.493 e. The molecule has 0 N–H and O–H groups in total. The van der Waals surface area contributed by atoms with Crippen LogP contribution >= 0.6 is 11.6 Å². The summed E-state index contributed by atoms with van der Waals surface area (Å²) in [5.74, 6) is 0.444. The first-order valence-corrected chi connectivity index (χ1v) is 6.63. The Labute approximate surface area is 127 Å². The summed E-state index contributed by atoms with van der Waals surface area (Å²) in [7, 11) is 1.47. The molecular formula is C16H14ClFO3. The third-order valence-electron chi connectivity index (χ3n) is 3.06. The van der Waals surface area contributed by atoms with Gasteiger partial charge in [-0.05, 0) is 42.3 Å². The molecule has 0 aromatic heterocycles. The predicted octanol–water partition coefficient (Wildman–Crippen LogP) is 4.19. The van der Waals surface area contributed by atoms with Gasteiger partial charge in [0.2, 0.25) is 0 Å². The van der Waals surface area contributed by atoms with E-state index in [1.807, 2.05) is 0 Å². The van der Waals surface area contributed by atoms with Crippen LogP contribution in [0.1, 0.15) is 21.5 Å². The van der Waals surface area contributed by atoms with Crippen molar-refractivity contribution in [1.82, 2.24) is 0 Å². The Hall–Kier alpha value is -2.07. The third kappa shape index (κ3) is 3.52. The van der Waals surface area contributed by atoms with E-state index in [-0.39, 0.29) is 17.4 Å². The predicted molar refractivity (Wildman–Crippen MR) is 78.9 cm³/mol. The van der Waals surface area contributed by atoms with E-state index in [0.717, 1.165) is 11.1 Å². The molecule has 0 aliphatic rings. The average Bonchev–Trinajstić information content (AvgIpc) is 2.46. The maximum atomic E-state index is 13.1. The molecule has 2 aromatic rings. The lowest BCUT2D eigenvalue weighted by Gasteiger charge is -2.14. The zero-order valence-corrected chi connectivity index (χ0v) is 12.4. The van der Waals surface area contributed by atoms with Crippen molar-refractivity contribution in [2.24, 2.45) is 0 Å². The van der Waals surface area contributed by atoms with Gasteiger partial charge >= 0.3 is 0 Å². The van der Waals surface area contributed by atoms with Gasteiger partial charge in [0.15, 0.2) is 11.5 Å². The number of benzene rings is 2. The number of aldehydes is 1. The molecule has 0 amide bonds. The lowest BCUT2D eigenvalue weighted by molar-refractivity contribution is 0.112. The van der Waals surface area contributed by atoms with Crippen LogP contribution in [0.5, 0.6) is 11.5 Å². The molecule has 21 heavy (non-hydrogen) atoms. The van der Waals surface area contributed by atoms with Crippen LogP contribution < -0.4 is 9.47 Å². The number of methoxy groups -OCH3 is 1. The van der Waals surface area contributed by atoms with E-state index in [9.17, 15) is 9.18 Å². The topological polar surface area (TPSA) is 35.5 Å². The Balaban J connectivity index is 2.25. The van der Waals surface area contributed by atoms with E-state index >= 15 is 0 Å². The van der Waals surface area contributed by atoms with E-state index in [1.165, 1.54) is 25.3 Å². The molecule has 2 aromatic carbocycles. The average molecular weight is 309 g/mol. The molecule has 0 aliphatic carbocycles. The number of ether oxygens (including phenoxy) is 2. The van der Waals surface area contributed by atoms with Gasteiger partial charge in [0, 0.05) is 5.56 Å². The van der Waals surface area contributed by atoms with E-state index in [0.29, 0.717) is 23.3 Å². The molecule has 110 valence electrons. The monoisotopic (exact) mass is 308 g/mol. The fourth-order valence-electron chi connectivity index (χ4n) is 1.92. The van der Waals surface area contributed by atoms with Crippen molar-refractivity contribution in [3.63, 3.8) is 0 Å². The molecule has 3 nitrogen and oxygen atoms in total. The molecule has 0 unspecified atom stereocenters. The van der Waals surface area contributed by atoms with Crippen molar-refractivity contribution >= 4 is 17.9 Å². The standard InChI is InChI=1S/C16H14ClFO3/c1-10-5-13(18)4-3-12(10)9-21-16-14(17)6-11(8-19)7-15(16)20-2/h3-8H,9H2,1-2H3. The Bertz CT molecular complexity index is 671. The molecule has 0 aliphatic heterocycles. The van der Waals surface area contributed by atoms with Crippen molar-refractivity contribution in [2.75, 3.05) is 7.11 Å². The lowest BCUT2D eigenvalue weighted by atomic mass is 10.1. The van der Waals surface area contributed by atoms with Gasteiger partial charge in [0.25, 0.3) is 0 Å². The second kappa shape index (κ2) is 6.59. The summed E-state index contributed by atoms with van der Waals surface area (Å²) in [6.07, 6.45) is 0.683. The highest BCUT2D eigenvalue weighted by molar-refractivity contribution is 6.32. The third-order valence-corrected chi connectivity index (χ3v) is 3.35. The minimum atomic E-state index is -0.290. The Morgan fingerprint density at radius 2 is 2.05 bits per heavy atom. The summed E-state index contributed by atoms with van der Waals surface area (Å²) in [5, 5.41) is 0.288. The molecule has 0 fully saturated rings. The fourth-order valence-corrected chi connectivity index (χ4v) is 2.19. The zero-order valence-electron chi connectivity index (χ0n) is 11.7. The van der Waals surface area contributed by atoms with E-state index in [1.54, 1.807) is 19.1 Å². The fraction of sp³-hybridized carbons (Fsp3) is 0.188. The second-order valence-corrected chi connectivity index (χ2v) is 4.92. The molecule has 5 heteroatoms. The maximum absolute atomic E-state index is 13.1. The summed E-state index contributed by atoms with van der Waals surface area (Å²) in [6.45, 7) is 2.03. The van der Waals surface area contributed by atoms with Gasteiger partial charge in [-0.3, -0.25) is 4.79 Å². The van der Waals surface area contributed by atoms with E-state index < -0.39 is 0 Å². The van der Waals surface area contributed by atoms with Crippen molar-refractivity contribution < 1.29 is 18.7 Å². The highest BCUT2D eigenvalue weighted by atomic mass is 35.5. The molecule has 0 spiro atoms. The van der Waals surface area contributed by atoms with Crippen LogP contribution in [0.2, 0.25) is 5.02 Å². The molecule has 0 radical (unpaired) electrons. The van der Waals surface area contributed by atoms with Crippen molar-refractivity contribution in [3.8, 4) is 11.5 Å². The zero-order chi connectivity index (χ0) is 15.4. The van der Waals surface area contributed by atoms with Crippen LogP contribution in [0.4, 0.5) is 4.39 Å². The number of rotatable bonds is 5.